The molecule has 10 heavy (non-hydrogen) atoms. The first-order valence-corrected chi connectivity index (χ1v) is 4.45. The lowest BCUT2D eigenvalue weighted by molar-refractivity contribution is 0.405. The van der Waals surface area contributed by atoms with E-state index < -0.39 is 8.25 Å². The Morgan fingerprint density at radius 2 is 1.50 bits per heavy atom. The van der Waals surface area contributed by atoms with E-state index >= 15 is 0 Å². The minimum atomic E-state index is -2.87. The SMILES string of the molecule is C1CCNCC1.O=[P+](O)O. The quantitative estimate of drug-likeness (QED) is 0.455. The first-order chi connectivity index (χ1) is 4.73. The Bertz CT molecular complexity index is 79.4. The van der Waals surface area contributed by atoms with Gasteiger partial charge in [-0.05, 0) is 25.9 Å². The van der Waals surface area contributed by atoms with Crippen LogP contribution in [0.4, 0.5) is 0 Å². The molecule has 0 saturated carbocycles. The standard InChI is InChI=1S/C5H11N.HO3P/c1-2-4-6-5-3-1;1-4(2)3/h6H,1-5H2;(H-,1,2,3)/p+1. The van der Waals surface area contributed by atoms with Gasteiger partial charge in [0.1, 0.15) is 0 Å². The van der Waals surface area contributed by atoms with E-state index in [2.05, 4.69) is 5.32 Å². The molecule has 0 aliphatic carbocycles. The smallest absolute Gasteiger partial charge is 0.317 e. The van der Waals surface area contributed by atoms with Gasteiger partial charge >= 0.3 is 8.25 Å². The maximum Gasteiger partial charge on any atom is 0.692 e. The average Bonchev–Trinajstić information content (AvgIpc) is 1.90. The van der Waals surface area contributed by atoms with Crippen molar-refractivity contribution in [1.82, 2.24) is 5.32 Å². The highest BCUT2D eigenvalue weighted by Crippen LogP contribution is 1.98. The van der Waals surface area contributed by atoms with Crippen LogP contribution in [0, 0.1) is 0 Å². The van der Waals surface area contributed by atoms with Gasteiger partial charge < -0.3 is 5.32 Å². The van der Waals surface area contributed by atoms with Gasteiger partial charge in [0.15, 0.2) is 0 Å². The van der Waals surface area contributed by atoms with Crippen molar-refractivity contribution in [3.8, 4) is 0 Å². The van der Waals surface area contributed by atoms with Gasteiger partial charge in [-0.1, -0.05) is 6.42 Å². The second kappa shape index (κ2) is 7.09. The van der Waals surface area contributed by atoms with Gasteiger partial charge in [-0.3, -0.25) is 0 Å². The van der Waals surface area contributed by atoms with Gasteiger partial charge in [-0.15, -0.1) is 9.79 Å². The van der Waals surface area contributed by atoms with Crippen LogP contribution < -0.4 is 5.32 Å². The molecule has 1 aliphatic rings. The molecule has 0 aromatic rings. The third kappa shape index (κ3) is 10.9. The molecule has 1 fully saturated rings. The number of hydrogen-bond donors (Lipinski definition) is 3. The largest absolute Gasteiger partial charge is 0.692 e. The fourth-order valence-electron chi connectivity index (χ4n) is 0.802. The summed E-state index contributed by atoms with van der Waals surface area (Å²) in [5.74, 6) is 0. The highest BCUT2D eigenvalue weighted by Gasteiger charge is 1.93. The molecule has 0 unspecified atom stereocenters. The summed E-state index contributed by atoms with van der Waals surface area (Å²) in [6, 6.07) is 0. The zero-order valence-corrected chi connectivity index (χ0v) is 6.68. The van der Waals surface area contributed by atoms with Crippen LogP contribution in [0.3, 0.4) is 0 Å². The van der Waals surface area contributed by atoms with Crippen molar-refractivity contribution < 1.29 is 14.4 Å². The van der Waals surface area contributed by atoms with Gasteiger partial charge in [0, 0.05) is 4.57 Å². The van der Waals surface area contributed by atoms with Crippen molar-refractivity contribution in [2.75, 3.05) is 13.1 Å². The summed E-state index contributed by atoms with van der Waals surface area (Å²) in [4.78, 5) is 14.2. The molecular formula is C5H13NO3P+. The molecule has 0 aromatic carbocycles. The molecule has 1 rings (SSSR count). The fraction of sp³-hybridized carbons (Fsp3) is 1.00. The topological polar surface area (TPSA) is 69.6 Å². The highest BCUT2D eigenvalue weighted by molar-refractivity contribution is 7.30. The monoisotopic (exact) mass is 166 g/mol. The number of nitrogens with one attached hydrogen (secondary N) is 1. The van der Waals surface area contributed by atoms with E-state index in [4.69, 9.17) is 14.4 Å². The van der Waals surface area contributed by atoms with Gasteiger partial charge in [-0.25, -0.2) is 0 Å². The molecule has 0 spiro atoms. The van der Waals surface area contributed by atoms with E-state index in [1.54, 1.807) is 0 Å². The summed E-state index contributed by atoms with van der Waals surface area (Å²) in [7, 11) is -2.87. The first kappa shape index (κ1) is 9.98. The minimum Gasteiger partial charge on any atom is -0.317 e. The maximum absolute atomic E-state index is 8.70. The molecule has 4 nitrogen and oxygen atoms in total. The summed E-state index contributed by atoms with van der Waals surface area (Å²) in [6.07, 6.45) is 4.22. The molecule has 1 heterocycles. The van der Waals surface area contributed by atoms with Gasteiger partial charge in [0.05, 0.1) is 0 Å². The first-order valence-electron chi connectivity index (χ1n) is 3.29. The van der Waals surface area contributed by atoms with Crippen molar-refractivity contribution in [3.63, 3.8) is 0 Å². The van der Waals surface area contributed by atoms with E-state index in [-0.39, 0.29) is 0 Å². The predicted molar refractivity (Wildman–Crippen MR) is 38.8 cm³/mol. The fourth-order valence-corrected chi connectivity index (χ4v) is 0.802. The molecule has 0 amide bonds. The van der Waals surface area contributed by atoms with Crippen LogP contribution in [-0.4, -0.2) is 22.9 Å². The molecule has 0 aromatic heterocycles. The molecule has 60 valence electrons. The van der Waals surface area contributed by atoms with E-state index in [0.717, 1.165) is 0 Å². The van der Waals surface area contributed by atoms with Crippen LogP contribution in [0.25, 0.3) is 0 Å². The Hall–Kier alpha value is -0.0200. The summed E-state index contributed by atoms with van der Waals surface area (Å²) in [5, 5.41) is 3.28. The predicted octanol–water partition coefficient (Wildman–Crippen LogP) is 0.388. The Labute approximate surface area is 61.2 Å². The minimum absolute atomic E-state index is 1.25. The van der Waals surface area contributed by atoms with Crippen LogP contribution in [0.15, 0.2) is 0 Å². The third-order valence-corrected chi connectivity index (χ3v) is 1.21. The van der Waals surface area contributed by atoms with Gasteiger partial charge in [-0.2, -0.15) is 0 Å². The van der Waals surface area contributed by atoms with Crippen molar-refractivity contribution in [2.45, 2.75) is 19.3 Å². The Morgan fingerprint density at radius 3 is 1.60 bits per heavy atom. The molecule has 0 radical (unpaired) electrons. The summed E-state index contributed by atoms with van der Waals surface area (Å²) < 4.78 is 8.70. The zero-order chi connectivity index (χ0) is 7.82. The van der Waals surface area contributed by atoms with Crippen molar-refractivity contribution in [3.05, 3.63) is 0 Å². The summed E-state index contributed by atoms with van der Waals surface area (Å²) >= 11 is 0. The van der Waals surface area contributed by atoms with Crippen molar-refractivity contribution in [2.24, 2.45) is 0 Å². The molecule has 1 aliphatic heterocycles. The van der Waals surface area contributed by atoms with Crippen LogP contribution in [0.1, 0.15) is 19.3 Å². The lowest BCUT2D eigenvalue weighted by Crippen LogP contribution is -2.21. The number of hydrogen-bond acceptors (Lipinski definition) is 2. The van der Waals surface area contributed by atoms with E-state index in [0.29, 0.717) is 0 Å². The number of rotatable bonds is 0. The third-order valence-electron chi connectivity index (χ3n) is 1.21. The van der Waals surface area contributed by atoms with E-state index in [9.17, 15) is 0 Å². The van der Waals surface area contributed by atoms with Gasteiger partial charge in [0.2, 0.25) is 0 Å². The van der Waals surface area contributed by atoms with Gasteiger partial charge in [0.25, 0.3) is 0 Å². The van der Waals surface area contributed by atoms with Crippen LogP contribution >= 0.6 is 8.25 Å². The average molecular weight is 166 g/mol. The van der Waals surface area contributed by atoms with E-state index in [1.807, 2.05) is 0 Å². The normalized spacial score (nSPS) is 17.0. The molecule has 3 N–H and O–H groups in total. The van der Waals surface area contributed by atoms with Crippen molar-refractivity contribution >= 4 is 8.25 Å². The number of piperidine rings is 1. The Morgan fingerprint density at radius 1 is 1.10 bits per heavy atom. The summed E-state index contributed by atoms with van der Waals surface area (Å²) in [5.41, 5.74) is 0. The molecule has 5 heteroatoms. The maximum atomic E-state index is 8.70. The highest BCUT2D eigenvalue weighted by atomic mass is 31.1. The molecule has 0 atom stereocenters. The lowest BCUT2D eigenvalue weighted by Gasteiger charge is -2.08. The zero-order valence-electron chi connectivity index (χ0n) is 5.79. The van der Waals surface area contributed by atoms with Crippen LogP contribution in [0.2, 0.25) is 0 Å². The molecular weight excluding hydrogens is 153 g/mol. The van der Waals surface area contributed by atoms with Crippen LogP contribution in [0.5, 0.6) is 0 Å². The van der Waals surface area contributed by atoms with Crippen LogP contribution in [-0.2, 0) is 4.57 Å². The summed E-state index contributed by atoms with van der Waals surface area (Å²) in [6.45, 7) is 2.50. The Kier molecular flexibility index (Phi) is 7.08. The van der Waals surface area contributed by atoms with E-state index in [1.165, 1.54) is 32.4 Å². The second-order valence-corrected chi connectivity index (χ2v) is 2.57. The lowest BCUT2D eigenvalue weighted by atomic mass is 10.2. The molecule has 0 bridgehead atoms. The second-order valence-electron chi connectivity index (χ2n) is 2.06. The van der Waals surface area contributed by atoms with Crippen molar-refractivity contribution in [1.29, 1.82) is 0 Å². The molecule has 1 saturated heterocycles. The Balaban J connectivity index is 0.000000180.